The summed E-state index contributed by atoms with van der Waals surface area (Å²) in [5.41, 5.74) is 0. The Bertz CT molecular complexity index is 662. The van der Waals surface area contributed by atoms with Crippen molar-refractivity contribution in [3.05, 3.63) is 46.8 Å². The number of allylic oxidation sites excluding steroid dienone is 8. The Morgan fingerprint density at radius 1 is 0.571 bits per heavy atom. The van der Waals surface area contributed by atoms with Gasteiger partial charge in [0.05, 0.1) is 0 Å². The largest absolute Gasteiger partial charge is 1.00 e. The molecule has 0 spiro atoms. The van der Waals surface area contributed by atoms with E-state index in [0.717, 1.165) is 0 Å². The summed E-state index contributed by atoms with van der Waals surface area (Å²) in [5, 5.41) is 3.45. The Balaban J connectivity index is 0.00000392. The Kier molecular flexibility index (Phi) is 8.03. The topological polar surface area (TPSA) is 0 Å². The fourth-order valence-electron chi connectivity index (χ4n) is 3.86. The predicted octanol–water partition coefficient (Wildman–Crippen LogP) is 4.89. The van der Waals surface area contributed by atoms with Crippen molar-refractivity contribution >= 4 is 32.3 Å². The Hall–Kier alpha value is 1.17. The molecule has 2 atom stereocenters. The maximum absolute atomic E-state index is 2.84. The van der Waals surface area contributed by atoms with Crippen molar-refractivity contribution < 1.29 is 40.1 Å². The van der Waals surface area contributed by atoms with E-state index in [1.807, 2.05) is 0 Å². The molecule has 0 aromatic rings. The van der Waals surface area contributed by atoms with Crippen molar-refractivity contribution in [2.45, 2.75) is 82.7 Å². The van der Waals surface area contributed by atoms with Crippen LogP contribution in [0, 0.1) is 27.7 Å². The minimum atomic E-state index is -1.33. The molecule has 0 aliphatic heterocycles. The maximum atomic E-state index is 2.84. The van der Waals surface area contributed by atoms with Gasteiger partial charge in [-0.15, -0.1) is 0 Å². The second-order valence-electron chi connectivity index (χ2n) is 12.7. The van der Waals surface area contributed by atoms with Gasteiger partial charge in [-0.3, -0.25) is 0 Å². The molecule has 6 heteroatoms. The molecule has 0 heterocycles. The zero-order valence-electron chi connectivity index (χ0n) is 20.3. The van der Waals surface area contributed by atoms with E-state index in [1.54, 1.807) is 10.4 Å². The molecule has 0 saturated carbocycles. The second-order valence-corrected chi connectivity index (χ2v) is 45.6. The van der Waals surface area contributed by atoms with Gasteiger partial charge in [-0.05, 0) is 0 Å². The van der Waals surface area contributed by atoms with Gasteiger partial charge in [0.2, 0.25) is 0 Å². The molecule has 0 fully saturated rings. The number of halogens is 1. The first-order valence-electron chi connectivity index (χ1n) is 10.5. The average molecular weight is 692 g/mol. The summed E-state index contributed by atoms with van der Waals surface area (Å²) in [6.07, 6.45) is 16.3. The van der Waals surface area contributed by atoms with Gasteiger partial charge in [-0.1, -0.05) is 0 Å². The predicted molar refractivity (Wildman–Crippen MR) is 133 cm³/mol. The molecule has 0 aromatic carbocycles. The van der Waals surface area contributed by atoms with Gasteiger partial charge >= 0.3 is 190 Å². The van der Waals surface area contributed by atoms with Crippen molar-refractivity contribution in [2.75, 3.05) is 0 Å². The van der Waals surface area contributed by atoms with Crippen LogP contribution in [-0.4, -0.2) is 32.3 Å². The van der Waals surface area contributed by atoms with Crippen molar-refractivity contribution in [3.8, 4) is 0 Å². The maximum Gasteiger partial charge on any atom is -1.00 e. The number of hydrogen-bond acceptors (Lipinski definition) is 0. The van der Waals surface area contributed by atoms with Crippen LogP contribution in [0.4, 0.5) is 0 Å². The molecule has 0 saturated heterocycles. The van der Waals surface area contributed by atoms with Crippen LogP contribution in [0.5, 0.6) is 0 Å². The molecule has 0 N–H and O–H groups in total. The molecule has 0 amide bonds. The standard InChI is InChI=1S/2C11H21Si2.ClH.U/c2*1-12(2,3)10-7-8-11(9-10)13(4,5)6;;/h2*7-9H,1-6H3;1H;/q;;;+1/p-1. The number of hydrogen-bond donors (Lipinski definition) is 0. The van der Waals surface area contributed by atoms with Crippen molar-refractivity contribution in [3.63, 3.8) is 0 Å². The number of rotatable bonds is 6. The molecule has 2 aliphatic rings. The van der Waals surface area contributed by atoms with Crippen molar-refractivity contribution in [1.29, 1.82) is 0 Å². The summed E-state index contributed by atoms with van der Waals surface area (Å²) in [7, 11) is -5.16. The fraction of sp³-hybridized carbons (Fsp3) is 0.636. The van der Waals surface area contributed by atoms with E-state index >= 15 is 0 Å². The van der Waals surface area contributed by atoms with Crippen LogP contribution in [0.3, 0.4) is 0 Å². The molecular weight excluding hydrogens is 650 g/mol. The molecule has 2 aliphatic carbocycles. The molecule has 2 unspecified atom stereocenters. The van der Waals surface area contributed by atoms with Gasteiger partial charge in [0, 0.05) is 0 Å². The first-order chi connectivity index (χ1) is 11.8. The molecule has 0 radical (unpaired) electrons. The molecule has 157 valence electrons. The normalized spacial score (nSPS) is 28.0. The van der Waals surface area contributed by atoms with Gasteiger partial charge in [0.25, 0.3) is 0 Å². The van der Waals surface area contributed by atoms with Crippen LogP contribution in [-0.2, 0) is 0 Å². The van der Waals surface area contributed by atoms with Gasteiger partial charge in [0.1, 0.15) is 0 Å². The minimum Gasteiger partial charge on any atom is -1.00 e. The van der Waals surface area contributed by atoms with Gasteiger partial charge in [-0.2, -0.15) is 0 Å². The zero-order chi connectivity index (χ0) is 21.1. The van der Waals surface area contributed by atoms with Gasteiger partial charge < -0.3 is 12.4 Å². The molecule has 0 aromatic heterocycles. The van der Waals surface area contributed by atoms with Crippen LogP contribution in [0.1, 0.15) is 0 Å². The third-order valence-electron chi connectivity index (χ3n) is 6.45. The minimum absolute atomic E-state index is 0. The summed E-state index contributed by atoms with van der Waals surface area (Å²) in [6.45, 7) is 30.9. The van der Waals surface area contributed by atoms with Crippen LogP contribution >= 0.6 is 0 Å². The first-order valence-corrected chi connectivity index (χ1v) is 28.6. The van der Waals surface area contributed by atoms with E-state index < -0.39 is 60.0 Å². The third-order valence-corrected chi connectivity index (χ3v) is 43.2. The van der Waals surface area contributed by atoms with E-state index in [2.05, 4.69) is 115 Å². The smallest absolute Gasteiger partial charge is 1.00 e. The molecule has 0 nitrogen and oxygen atoms in total. The Morgan fingerprint density at radius 3 is 1.04 bits per heavy atom. The van der Waals surface area contributed by atoms with Crippen LogP contribution < -0.4 is 12.4 Å². The van der Waals surface area contributed by atoms with Crippen LogP contribution in [0.25, 0.3) is 0 Å². The second kappa shape index (κ2) is 8.26. The summed E-state index contributed by atoms with van der Waals surface area (Å²) >= 11 is -1.25. The third kappa shape index (κ3) is 5.31. The van der Waals surface area contributed by atoms with Gasteiger partial charge in [-0.25, -0.2) is 0 Å². The first kappa shape index (κ1) is 27.2. The average Bonchev–Trinajstić information content (AvgIpc) is 3.02. The summed E-state index contributed by atoms with van der Waals surface area (Å²) in [4.78, 5) is 0. The quantitative estimate of drug-likeness (QED) is 0.348. The summed E-state index contributed by atoms with van der Waals surface area (Å²) < 4.78 is 0.999. The van der Waals surface area contributed by atoms with Crippen LogP contribution in [0.15, 0.2) is 46.8 Å². The fourth-order valence-corrected chi connectivity index (χ4v) is 31.5. The van der Waals surface area contributed by atoms with Crippen LogP contribution in [0.2, 0.25) is 82.7 Å². The van der Waals surface area contributed by atoms with E-state index in [1.165, 1.54) is 0 Å². The van der Waals surface area contributed by atoms with E-state index in [4.69, 9.17) is 0 Å². The summed E-state index contributed by atoms with van der Waals surface area (Å²) in [6, 6.07) is 0. The Morgan fingerprint density at radius 2 is 0.857 bits per heavy atom. The molecule has 0 bridgehead atoms. The van der Waals surface area contributed by atoms with E-state index in [-0.39, 0.29) is 12.4 Å². The van der Waals surface area contributed by atoms with E-state index in [9.17, 15) is 0 Å². The zero-order valence-corrected chi connectivity index (χ0v) is 29.3. The van der Waals surface area contributed by atoms with E-state index in [0.29, 0.717) is 4.14 Å². The monoisotopic (exact) mass is 691 g/mol. The van der Waals surface area contributed by atoms with Crippen molar-refractivity contribution in [1.82, 2.24) is 0 Å². The molecule has 28 heavy (non-hydrogen) atoms. The van der Waals surface area contributed by atoms with Gasteiger partial charge in [0.15, 0.2) is 0 Å². The Labute approximate surface area is 200 Å². The molecular formula is C22H42ClSi4U. The summed E-state index contributed by atoms with van der Waals surface area (Å²) in [5.74, 6) is 0. The van der Waals surface area contributed by atoms with Crippen molar-refractivity contribution in [2.24, 2.45) is 0 Å². The molecule has 2 rings (SSSR count). The SMILES string of the molecule is C[Si](C)(C)C1=C[C]([U+][C]2([Si](C)(C)C)C=CC([Si](C)(C)C)=C2)([Si](C)(C)C)C=C1.[Cl-].